The molecule has 0 saturated carbocycles. The van der Waals surface area contributed by atoms with Crippen molar-refractivity contribution in [1.82, 2.24) is 10.6 Å². The Morgan fingerprint density at radius 1 is 1.33 bits per heavy atom. The lowest BCUT2D eigenvalue weighted by Crippen LogP contribution is -2.46. The van der Waals surface area contributed by atoms with Gasteiger partial charge in [0.1, 0.15) is 6.04 Å². The number of nitrogens with one attached hydrogen (secondary N) is 2. The number of urea groups is 1. The molecular formula is C13H19N3O4S. The number of aryl methyl sites for hydroxylation is 1. The number of hydrogen-bond donors (Lipinski definition) is 4. The third-order valence-electron chi connectivity index (χ3n) is 2.77. The molecule has 1 aromatic heterocycles. The van der Waals surface area contributed by atoms with Gasteiger partial charge in [0.15, 0.2) is 0 Å². The molecule has 5 N–H and O–H groups in total. The molecule has 1 heterocycles. The summed E-state index contributed by atoms with van der Waals surface area (Å²) in [5.74, 6) is -1.80. The molecule has 7 nitrogen and oxygen atoms in total. The number of carboxylic acid groups (broad SMARTS) is 1. The normalized spacial score (nSPS) is 11.7. The van der Waals surface area contributed by atoms with Gasteiger partial charge in [0, 0.05) is 16.2 Å². The maximum absolute atomic E-state index is 11.7. The molecule has 0 aliphatic heterocycles. The topological polar surface area (TPSA) is 122 Å². The lowest BCUT2D eigenvalue weighted by atomic mass is 10.1. The van der Waals surface area contributed by atoms with Crippen LogP contribution in [0, 0.1) is 0 Å². The molecule has 0 aromatic carbocycles. The van der Waals surface area contributed by atoms with Gasteiger partial charge < -0.3 is 21.5 Å². The molecule has 0 bridgehead atoms. The van der Waals surface area contributed by atoms with Gasteiger partial charge in [0.05, 0.1) is 6.54 Å². The van der Waals surface area contributed by atoms with E-state index in [9.17, 15) is 14.4 Å². The molecule has 0 spiro atoms. The van der Waals surface area contributed by atoms with Crippen LogP contribution in [0.4, 0.5) is 4.79 Å². The van der Waals surface area contributed by atoms with E-state index < -0.39 is 23.9 Å². The second-order valence-corrected chi connectivity index (χ2v) is 5.70. The Morgan fingerprint density at radius 3 is 2.52 bits per heavy atom. The van der Waals surface area contributed by atoms with Crippen LogP contribution in [0.25, 0.3) is 0 Å². The van der Waals surface area contributed by atoms with Crippen molar-refractivity contribution in [1.29, 1.82) is 0 Å². The summed E-state index contributed by atoms with van der Waals surface area (Å²) in [6, 6.07) is 2.20. The highest BCUT2D eigenvalue weighted by molar-refractivity contribution is 7.11. The standard InChI is InChI=1S/C13H19N3O4S/c1-2-8-3-4-9(21-8)7-15-13(20)16-10(12(18)19)5-6-11(14)17/h3-4,10H,2,5-7H2,1H3,(H2,14,17)(H,18,19)(H2,15,16,20)/t10-/m1/s1. The van der Waals surface area contributed by atoms with Gasteiger partial charge in [-0.3, -0.25) is 4.79 Å². The van der Waals surface area contributed by atoms with E-state index in [-0.39, 0.29) is 12.8 Å². The first kappa shape index (κ1) is 17.0. The highest BCUT2D eigenvalue weighted by atomic mass is 32.1. The van der Waals surface area contributed by atoms with Gasteiger partial charge in [-0.1, -0.05) is 6.92 Å². The van der Waals surface area contributed by atoms with Crippen LogP contribution in [0.5, 0.6) is 0 Å². The first-order valence-corrected chi connectivity index (χ1v) is 7.37. The van der Waals surface area contributed by atoms with Crippen molar-refractivity contribution < 1.29 is 19.5 Å². The fourth-order valence-corrected chi connectivity index (χ4v) is 2.53. The maximum atomic E-state index is 11.7. The predicted octanol–water partition coefficient (Wildman–Crippen LogP) is 0.828. The van der Waals surface area contributed by atoms with Crippen molar-refractivity contribution in [3.8, 4) is 0 Å². The molecule has 8 heteroatoms. The van der Waals surface area contributed by atoms with E-state index in [1.807, 2.05) is 19.1 Å². The molecule has 1 rings (SSSR count). The second-order valence-electron chi connectivity index (χ2n) is 4.44. The zero-order valence-electron chi connectivity index (χ0n) is 11.7. The molecule has 3 amide bonds. The largest absolute Gasteiger partial charge is 0.480 e. The molecule has 0 aliphatic carbocycles. The number of carbonyl (C=O) groups excluding carboxylic acids is 2. The van der Waals surface area contributed by atoms with Crippen LogP contribution in [0.2, 0.25) is 0 Å². The van der Waals surface area contributed by atoms with Crippen molar-refractivity contribution in [2.45, 2.75) is 38.8 Å². The van der Waals surface area contributed by atoms with Gasteiger partial charge in [-0.05, 0) is 25.0 Å². The summed E-state index contributed by atoms with van der Waals surface area (Å²) in [6.07, 6.45) is 0.810. The molecule has 1 aromatic rings. The molecule has 116 valence electrons. The van der Waals surface area contributed by atoms with Crippen LogP contribution in [-0.4, -0.2) is 29.1 Å². The first-order valence-electron chi connectivity index (χ1n) is 6.55. The van der Waals surface area contributed by atoms with Crippen LogP contribution in [-0.2, 0) is 22.6 Å². The van der Waals surface area contributed by atoms with Gasteiger partial charge in [0.25, 0.3) is 0 Å². The molecule has 1 atom stereocenters. The molecular weight excluding hydrogens is 294 g/mol. The average molecular weight is 313 g/mol. The van der Waals surface area contributed by atoms with Crippen molar-refractivity contribution in [2.75, 3.05) is 0 Å². The number of rotatable bonds is 8. The molecule has 0 unspecified atom stereocenters. The van der Waals surface area contributed by atoms with Crippen LogP contribution >= 0.6 is 11.3 Å². The molecule has 0 saturated heterocycles. The van der Waals surface area contributed by atoms with Crippen molar-refractivity contribution >= 4 is 29.2 Å². The number of carboxylic acids is 1. The Hall–Kier alpha value is -2.09. The summed E-state index contributed by atoms with van der Waals surface area (Å²) in [6.45, 7) is 2.38. The minimum absolute atomic E-state index is 0.0307. The van der Waals surface area contributed by atoms with Gasteiger partial charge in [0.2, 0.25) is 5.91 Å². The highest BCUT2D eigenvalue weighted by Gasteiger charge is 2.20. The minimum atomic E-state index is -1.20. The van der Waals surface area contributed by atoms with Crippen LogP contribution in [0.15, 0.2) is 12.1 Å². The van der Waals surface area contributed by atoms with Crippen LogP contribution < -0.4 is 16.4 Å². The van der Waals surface area contributed by atoms with E-state index in [0.717, 1.165) is 11.3 Å². The third-order valence-corrected chi connectivity index (χ3v) is 4.00. The zero-order valence-corrected chi connectivity index (χ0v) is 12.5. The van der Waals surface area contributed by atoms with Crippen molar-refractivity contribution in [3.63, 3.8) is 0 Å². The lowest BCUT2D eigenvalue weighted by Gasteiger charge is -2.14. The van der Waals surface area contributed by atoms with Crippen molar-refractivity contribution in [2.24, 2.45) is 5.73 Å². The minimum Gasteiger partial charge on any atom is -0.480 e. The summed E-state index contributed by atoms with van der Waals surface area (Å²) in [7, 11) is 0. The Kier molecular flexibility index (Phi) is 6.67. The molecule has 0 radical (unpaired) electrons. The number of carbonyl (C=O) groups is 3. The van der Waals surface area contributed by atoms with Gasteiger partial charge >= 0.3 is 12.0 Å². The third kappa shape index (κ3) is 6.26. The summed E-state index contributed by atoms with van der Waals surface area (Å²) in [5.41, 5.74) is 4.96. The molecule has 0 aliphatic rings. The van der Waals surface area contributed by atoms with E-state index >= 15 is 0 Å². The lowest BCUT2D eigenvalue weighted by molar-refractivity contribution is -0.139. The summed E-state index contributed by atoms with van der Waals surface area (Å²) in [5, 5.41) is 13.9. The number of aliphatic carboxylic acids is 1. The van der Waals surface area contributed by atoms with Gasteiger partial charge in [-0.2, -0.15) is 0 Å². The smallest absolute Gasteiger partial charge is 0.326 e. The number of nitrogens with two attached hydrogens (primary N) is 1. The van der Waals surface area contributed by atoms with Crippen LogP contribution in [0.1, 0.15) is 29.5 Å². The van der Waals surface area contributed by atoms with Crippen LogP contribution in [0.3, 0.4) is 0 Å². The van der Waals surface area contributed by atoms with E-state index in [1.165, 1.54) is 4.88 Å². The number of thiophene rings is 1. The summed E-state index contributed by atoms with van der Waals surface area (Å²) >= 11 is 1.59. The zero-order chi connectivity index (χ0) is 15.8. The number of hydrogen-bond acceptors (Lipinski definition) is 4. The monoisotopic (exact) mass is 313 g/mol. The highest BCUT2D eigenvalue weighted by Crippen LogP contribution is 2.16. The SMILES string of the molecule is CCc1ccc(CNC(=O)N[C@H](CCC(N)=O)C(=O)O)s1. The van der Waals surface area contributed by atoms with E-state index in [4.69, 9.17) is 10.8 Å². The number of primary amides is 1. The molecule has 0 fully saturated rings. The van der Waals surface area contributed by atoms with Crippen molar-refractivity contribution in [3.05, 3.63) is 21.9 Å². The average Bonchev–Trinajstić information content (AvgIpc) is 2.88. The Balaban J connectivity index is 2.42. The number of amides is 3. The molecule has 21 heavy (non-hydrogen) atoms. The first-order chi connectivity index (χ1) is 9.92. The quantitative estimate of drug-likeness (QED) is 0.568. The van der Waals surface area contributed by atoms with E-state index in [0.29, 0.717) is 6.54 Å². The maximum Gasteiger partial charge on any atom is 0.326 e. The Labute approximate surface area is 126 Å². The fourth-order valence-electron chi connectivity index (χ4n) is 1.63. The van der Waals surface area contributed by atoms with E-state index in [1.54, 1.807) is 11.3 Å². The predicted molar refractivity (Wildman–Crippen MR) is 78.9 cm³/mol. The Bertz CT molecular complexity index is 515. The summed E-state index contributed by atoms with van der Waals surface area (Å²) < 4.78 is 0. The fraction of sp³-hybridized carbons (Fsp3) is 0.462. The second kappa shape index (κ2) is 8.25. The van der Waals surface area contributed by atoms with E-state index in [2.05, 4.69) is 10.6 Å². The van der Waals surface area contributed by atoms with Gasteiger partial charge in [-0.15, -0.1) is 11.3 Å². The summed E-state index contributed by atoms with van der Waals surface area (Å²) in [4.78, 5) is 35.5. The van der Waals surface area contributed by atoms with Gasteiger partial charge in [-0.25, -0.2) is 9.59 Å². The Morgan fingerprint density at radius 2 is 2.00 bits per heavy atom.